The van der Waals surface area contributed by atoms with Crippen molar-refractivity contribution in [3.05, 3.63) is 11.1 Å². The topological polar surface area (TPSA) is 89.9 Å². The maximum absolute atomic E-state index is 13.6. The summed E-state index contributed by atoms with van der Waals surface area (Å²) < 4.78 is 11.9. The molecule has 5 rings (SSSR count). The normalized spacial score (nSPS) is 40.0. The number of hydrogen-bond donors (Lipinski definition) is 1. The van der Waals surface area contributed by atoms with Gasteiger partial charge < -0.3 is 14.6 Å². The van der Waals surface area contributed by atoms with Crippen LogP contribution in [0.2, 0.25) is 0 Å². The summed E-state index contributed by atoms with van der Waals surface area (Å²) in [5.41, 5.74) is 0.912. The Morgan fingerprint density at radius 1 is 0.917 bits per heavy atom. The first kappa shape index (κ1) is 37.6. The first-order chi connectivity index (χ1) is 21.9. The lowest BCUT2D eigenvalue weighted by molar-refractivity contribution is -0.237. The number of esters is 2. The Hall–Kier alpha value is -1.69. The highest BCUT2D eigenvalue weighted by Gasteiger charge is 2.70. The van der Waals surface area contributed by atoms with Crippen LogP contribution in [0.15, 0.2) is 11.1 Å². The zero-order chi connectivity index (χ0) is 36.0. The molecule has 48 heavy (non-hydrogen) atoms. The molecule has 6 heteroatoms. The van der Waals surface area contributed by atoms with Gasteiger partial charge in [0, 0.05) is 11.8 Å². The number of hydrogen-bond acceptors (Lipinski definition) is 6. The van der Waals surface area contributed by atoms with E-state index in [4.69, 9.17) is 9.47 Å². The van der Waals surface area contributed by atoms with Crippen molar-refractivity contribution >= 4 is 17.7 Å². The molecule has 4 fully saturated rings. The molecule has 0 saturated heterocycles. The van der Waals surface area contributed by atoms with Crippen molar-refractivity contribution in [1.29, 1.82) is 0 Å². The summed E-state index contributed by atoms with van der Waals surface area (Å²) in [4.78, 5) is 39.9. The maximum atomic E-state index is 13.6. The van der Waals surface area contributed by atoms with Crippen LogP contribution in [0.5, 0.6) is 0 Å². The Morgan fingerprint density at radius 2 is 1.56 bits per heavy atom. The Morgan fingerprint density at radius 3 is 2.15 bits per heavy atom. The molecule has 0 aromatic rings. The van der Waals surface area contributed by atoms with Crippen LogP contribution in [-0.4, -0.2) is 40.6 Å². The maximum Gasteiger partial charge on any atom is 0.312 e. The molecule has 6 nitrogen and oxygen atoms in total. The predicted molar refractivity (Wildman–Crippen MR) is 190 cm³/mol. The van der Waals surface area contributed by atoms with Crippen LogP contribution >= 0.6 is 0 Å². The highest BCUT2D eigenvalue weighted by molar-refractivity contribution is 6.00. The molecule has 0 aliphatic heterocycles. The minimum Gasteiger partial charge on any atom is -0.462 e. The minimum atomic E-state index is -0.963. The SMILES string of the molecule is CC[C@H](O)[C@H]1C[C@]2(C)[C@H](CC[C@@H]3[C@@]4(C)CC[C@H](OC(=O)CC(C)(C)C(=O)OC(C)(C)C)C(C)(C)[C@@H]4CC[C@]32C)C2=C(C(C)C)C(=O)CC21. The smallest absolute Gasteiger partial charge is 0.312 e. The first-order valence-corrected chi connectivity index (χ1v) is 19.3. The molecule has 1 N–H and O–H groups in total. The van der Waals surface area contributed by atoms with E-state index in [1.165, 1.54) is 5.57 Å². The molecule has 0 heterocycles. The van der Waals surface area contributed by atoms with Gasteiger partial charge in [0.05, 0.1) is 17.9 Å². The van der Waals surface area contributed by atoms with Gasteiger partial charge in [-0.25, -0.2) is 0 Å². The standard InChI is InChI=1S/C42H68O6/c1-14-28(43)26-22-42(13)27(35-25(26)21-29(44)34(35)24(2)3)15-16-31-40(11)19-18-32(39(9,10)30(40)17-20-41(31,42)12)47-33(45)23-38(7,8)36(46)48-37(4,5)6/h24-28,30-32,43H,14-23H2,1-13H3/t25?,26-,27+,28-,30-,31+,32-,40-,41+,42+/m0/s1. The van der Waals surface area contributed by atoms with E-state index in [-0.39, 0.29) is 70.0 Å². The number of Topliss-reactive ketones (excluding diaryl/α,β-unsaturated/α-hetero) is 1. The third-order valence-corrected chi connectivity index (χ3v) is 15.1. The van der Waals surface area contributed by atoms with Crippen molar-refractivity contribution in [1.82, 2.24) is 0 Å². The number of allylic oxidation sites excluding steroid dienone is 2. The molecule has 272 valence electrons. The molecule has 1 unspecified atom stereocenters. The quantitative estimate of drug-likeness (QED) is 0.272. The monoisotopic (exact) mass is 669 g/mol. The van der Waals surface area contributed by atoms with Gasteiger partial charge in [0.15, 0.2) is 5.78 Å². The lowest BCUT2D eigenvalue weighted by atomic mass is 9.33. The molecule has 0 aromatic carbocycles. The molecule has 10 atom stereocenters. The van der Waals surface area contributed by atoms with Crippen molar-refractivity contribution in [2.75, 3.05) is 0 Å². The highest BCUT2D eigenvalue weighted by Crippen LogP contribution is 2.76. The number of carbonyl (C=O) groups is 3. The summed E-state index contributed by atoms with van der Waals surface area (Å²) >= 11 is 0. The summed E-state index contributed by atoms with van der Waals surface area (Å²) in [5, 5.41) is 11.5. The average Bonchev–Trinajstić information content (AvgIpc) is 3.29. The first-order valence-electron chi connectivity index (χ1n) is 19.3. The second-order valence-corrected chi connectivity index (χ2v) is 20.1. The van der Waals surface area contributed by atoms with Crippen molar-refractivity contribution in [3.63, 3.8) is 0 Å². The van der Waals surface area contributed by atoms with E-state index in [9.17, 15) is 19.5 Å². The number of ketones is 1. The summed E-state index contributed by atoms with van der Waals surface area (Å²) in [5.74, 6) is 1.48. The molecule has 0 aromatic heterocycles. The van der Waals surface area contributed by atoms with Crippen molar-refractivity contribution in [2.45, 2.75) is 172 Å². The number of aliphatic hydroxyl groups excluding tert-OH is 1. The second kappa shape index (κ2) is 12.2. The van der Waals surface area contributed by atoms with Crippen LogP contribution in [0.25, 0.3) is 0 Å². The number of rotatable bonds is 7. The van der Waals surface area contributed by atoms with E-state index in [2.05, 4.69) is 55.4 Å². The Kier molecular flexibility index (Phi) is 9.57. The molecule has 0 amide bonds. The summed E-state index contributed by atoms with van der Waals surface area (Å²) in [6.45, 7) is 27.8. The van der Waals surface area contributed by atoms with Gasteiger partial charge in [0.25, 0.3) is 0 Å². The molecule has 0 radical (unpaired) electrons. The van der Waals surface area contributed by atoms with Crippen molar-refractivity contribution < 1.29 is 29.0 Å². The highest BCUT2D eigenvalue weighted by atomic mass is 16.6. The van der Waals surface area contributed by atoms with E-state index < -0.39 is 11.0 Å². The van der Waals surface area contributed by atoms with E-state index >= 15 is 0 Å². The lowest BCUT2D eigenvalue weighted by Gasteiger charge is -2.72. The van der Waals surface area contributed by atoms with Gasteiger partial charge in [-0.2, -0.15) is 0 Å². The van der Waals surface area contributed by atoms with Gasteiger partial charge in [-0.15, -0.1) is 0 Å². The predicted octanol–water partition coefficient (Wildman–Crippen LogP) is 9.26. The summed E-state index contributed by atoms with van der Waals surface area (Å²) in [6.07, 6.45) is 8.01. The molecular formula is C42H68O6. The fraction of sp³-hybridized carbons (Fsp3) is 0.881. The zero-order valence-electron chi connectivity index (χ0n) is 32.7. The van der Waals surface area contributed by atoms with Gasteiger partial charge in [-0.3, -0.25) is 14.4 Å². The molecule has 0 spiro atoms. The van der Waals surface area contributed by atoms with Crippen LogP contribution < -0.4 is 0 Å². The van der Waals surface area contributed by atoms with Gasteiger partial charge in [0.1, 0.15) is 11.7 Å². The van der Waals surface area contributed by atoms with Crippen LogP contribution in [0.3, 0.4) is 0 Å². The Labute approximate surface area is 291 Å². The van der Waals surface area contributed by atoms with Crippen LogP contribution in [0, 0.1) is 62.6 Å². The molecule has 0 bridgehead atoms. The molecule has 5 aliphatic carbocycles. The molecule has 4 saturated carbocycles. The number of fused-ring (bicyclic) bond motifs is 7. The number of carbonyl (C=O) groups excluding carboxylic acids is 3. The van der Waals surface area contributed by atoms with E-state index in [0.717, 1.165) is 56.9 Å². The second-order valence-electron chi connectivity index (χ2n) is 20.1. The molecular weight excluding hydrogens is 600 g/mol. The number of aliphatic hydroxyl groups is 1. The van der Waals surface area contributed by atoms with E-state index in [0.29, 0.717) is 30.0 Å². The summed E-state index contributed by atoms with van der Waals surface area (Å²) in [7, 11) is 0. The van der Waals surface area contributed by atoms with Crippen molar-refractivity contribution in [3.8, 4) is 0 Å². The van der Waals surface area contributed by atoms with E-state index in [1.807, 2.05) is 20.8 Å². The fourth-order valence-electron chi connectivity index (χ4n) is 12.6. The Balaban J connectivity index is 1.41. The fourth-order valence-corrected chi connectivity index (χ4v) is 12.6. The van der Waals surface area contributed by atoms with Crippen LogP contribution in [0.4, 0.5) is 0 Å². The van der Waals surface area contributed by atoms with E-state index in [1.54, 1.807) is 13.8 Å². The van der Waals surface area contributed by atoms with Crippen molar-refractivity contribution in [2.24, 2.45) is 62.6 Å². The van der Waals surface area contributed by atoms with Gasteiger partial charge in [-0.1, -0.05) is 61.0 Å². The average molecular weight is 669 g/mol. The third kappa shape index (κ3) is 5.84. The number of ether oxygens (including phenoxy) is 2. The van der Waals surface area contributed by atoms with Gasteiger partial charge >= 0.3 is 11.9 Å². The third-order valence-electron chi connectivity index (χ3n) is 15.1. The van der Waals surface area contributed by atoms with Crippen LogP contribution in [-0.2, 0) is 23.9 Å². The Bertz CT molecular complexity index is 1330. The zero-order valence-corrected chi connectivity index (χ0v) is 32.7. The summed E-state index contributed by atoms with van der Waals surface area (Å²) in [6, 6.07) is 0. The largest absolute Gasteiger partial charge is 0.462 e. The minimum absolute atomic E-state index is 0.000637. The van der Waals surface area contributed by atoms with Gasteiger partial charge in [-0.05, 0) is 143 Å². The van der Waals surface area contributed by atoms with Crippen LogP contribution in [0.1, 0.15) is 154 Å². The van der Waals surface area contributed by atoms with Gasteiger partial charge in [0.2, 0.25) is 0 Å². The molecule has 5 aliphatic rings. The lowest BCUT2D eigenvalue weighted by Crippen LogP contribution is -2.66.